The van der Waals surface area contributed by atoms with Gasteiger partial charge in [0, 0.05) is 12.1 Å². The van der Waals surface area contributed by atoms with Crippen LogP contribution in [0.15, 0.2) is 24.3 Å². The molecule has 0 spiro atoms. The first-order valence-corrected chi connectivity index (χ1v) is 5.90. The summed E-state index contributed by atoms with van der Waals surface area (Å²) in [7, 11) is 0. The second-order valence-corrected chi connectivity index (χ2v) is 4.49. The van der Waals surface area contributed by atoms with Crippen LogP contribution >= 0.6 is 0 Å². The van der Waals surface area contributed by atoms with Crippen LogP contribution in [0.4, 0.5) is 4.39 Å². The highest BCUT2D eigenvalue weighted by atomic mass is 19.1. The van der Waals surface area contributed by atoms with Crippen LogP contribution in [0.3, 0.4) is 0 Å². The zero-order chi connectivity index (χ0) is 11.5. The molecule has 0 saturated carbocycles. The van der Waals surface area contributed by atoms with Crippen molar-refractivity contribution in [2.45, 2.75) is 44.4 Å². The Morgan fingerprint density at radius 1 is 1.56 bits per heavy atom. The summed E-state index contributed by atoms with van der Waals surface area (Å²) in [6.45, 7) is 2.15. The molecule has 88 valence electrons. The van der Waals surface area contributed by atoms with E-state index in [-0.39, 0.29) is 11.9 Å². The molecule has 0 bridgehead atoms. The van der Waals surface area contributed by atoms with E-state index < -0.39 is 6.10 Å². The van der Waals surface area contributed by atoms with Gasteiger partial charge in [-0.3, -0.25) is 0 Å². The van der Waals surface area contributed by atoms with Crippen molar-refractivity contribution in [3.05, 3.63) is 35.6 Å². The van der Waals surface area contributed by atoms with Gasteiger partial charge in [0.1, 0.15) is 5.82 Å². The Morgan fingerprint density at radius 3 is 2.94 bits per heavy atom. The summed E-state index contributed by atoms with van der Waals surface area (Å²) in [5, 5.41) is 13.3. The summed E-state index contributed by atoms with van der Waals surface area (Å²) >= 11 is 0. The summed E-state index contributed by atoms with van der Waals surface area (Å²) in [5.41, 5.74) is 0.660. The fourth-order valence-electron chi connectivity index (χ4n) is 2.28. The van der Waals surface area contributed by atoms with Gasteiger partial charge >= 0.3 is 0 Å². The molecule has 0 aliphatic carbocycles. The Morgan fingerprint density at radius 2 is 2.31 bits per heavy atom. The maximum atomic E-state index is 13.0. The van der Waals surface area contributed by atoms with Crippen LogP contribution < -0.4 is 5.32 Å². The first-order chi connectivity index (χ1) is 7.70. The first kappa shape index (κ1) is 11.6. The lowest BCUT2D eigenvalue weighted by molar-refractivity contribution is 0.0673. The van der Waals surface area contributed by atoms with Gasteiger partial charge in [-0.2, -0.15) is 0 Å². The van der Waals surface area contributed by atoms with E-state index >= 15 is 0 Å². The Hall–Kier alpha value is -0.930. The van der Waals surface area contributed by atoms with Gasteiger partial charge < -0.3 is 10.4 Å². The molecule has 3 heteroatoms. The Labute approximate surface area is 95.5 Å². The number of benzene rings is 1. The summed E-state index contributed by atoms with van der Waals surface area (Å²) in [6.07, 6.45) is 2.68. The van der Waals surface area contributed by atoms with Crippen LogP contribution in [0.5, 0.6) is 0 Å². The largest absolute Gasteiger partial charge is 0.387 e. The van der Waals surface area contributed by atoms with Crippen LogP contribution in [0.25, 0.3) is 0 Å². The molecular weight excluding hydrogens is 205 g/mol. The van der Waals surface area contributed by atoms with Gasteiger partial charge in [0.25, 0.3) is 0 Å². The minimum atomic E-state index is -0.594. The lowest BCUT2D eigenvalue weighted by Gasteiger charge is -2.40. The fraction of sp³-hybridized carbons (Fsp3) is 0.538. The number of hydrogen-bond donors (Lipinski definition) is 2. The Balaban J connectivity index is 1.92. The van der Waals surface area contributed by atoms with Crippen molar-refractivity contribution in [3.63, 3.8) is 0 Å². The van der Waals surface area contributed by atoms with Crippen LogP contribution in [0, 0.1) is 5.82 Å². The summed E-state index contributed by atoms with van der Waals surface area (Å²) in [5.74, 6) is -0.291. The SMILES string of the molecule is CCC[C@H]1C[C@H]([C@H](O)c2cccc(F)c2)N1. The van der Waals surface area contributed by atoms with Crippen LogP contribution in [-0.2, 0) is 0 Å². The maximum Gasteiger partial charge on any atom is 0.123 e. The third-order valence-corrected chi connectivity index (χ3v) is 3.20. The molecule has 2 N–H and O–H groups in total. The van der Waals surface area contributed by atoms with E-state index in [1.165, 1.54) is 12.1 Å². The maximum absolute atomic E-state index is 13.0. The molecule has 16 heavy (non-hydrogen) atoms. The topological polar surface area (TPSA) is 32.3 Å². The molecule has 1 saturated heterocycles. The monoisotopic (exact) mass is 223 g/mol. The Bertz CT molecular complexity index is 350. The van der Waals surface area contributed by atoms with Gasteiger partial charge in [-0.25, -0.2) is 4.39 Å². The van der Waals surface area contributed by atoms with Crippen molar-refractivity contribution in [2.24, 2.45) is 0 Å². The minimum absolute atomic E-state index is 0.0818. The van der Waals surface area contributed by atoms with Crippen LogP contribution in [-0.4, -0.2) is 17.2 Å². The quantitative estimate of drug-likeness (QED) is 0.821. The van der Waals surface area contributed by atoms with Gasteiger partial charge in [-0.05, 0) is 30.5 Å². The molecule has 1 aliphatic rings. The van der Waals surface area contributed by atoms with E-state index in [1.54, 1.807) is 12.1 Å². The minimum Gasteiger partial charge on any atom is -0.387 e. The first-order valence-electron chi connectivity index (χ1n) is 5.90. The average Bonchev–Trinajstić information content (AvgIpc) is 2.22. The molecule has 0 unspecified atom stereocenters. The molecule has 0 aromatic heterocycles. The third kappa shape index (κ3) is 2.42. The molecule has 1 fully saturated rings. The predicted octanol–water partition coefficient (Wildman–Crippen LogP) is 2.39. The molecular formula is C13H18FNO. The number of aliphatic hydroxyl groups is 1. The lowest BCUT2D eigenvalue weighted by atomic mass is 9.87. The molecule has 3 atom stereocenters. The molecule has 1 aliphatic heterocycles. The highest BCUT2D eigenvalue weighted by Gasteiger charge is 2.33. The van der Waals surface area contributed by atoms with Crippen molar-refractivity contribution >= 4 is 0 Å². The van der Waals surface area contributed by atoms with Gasteiger partial charge in [0.2, 0.25) is 0 Å². The molecule has 1 heterocycles. The number of hydrogen-bond acceptors (Lipinski definition) is 2. The number of halogens is 1. The van der Waals surface area contributed by atoms with E-state index in [2.05, 4.69) is 12.2 Å². The highest BCUT2D eigenvalue weighted by molar-refractivity contribution is 5.21. The molecule has 2 rings (SSSR count). The zero-order valence-electron chi connectivity index (χ0n) is 9.49. The van der Waals surface area contributed by atoms with Gasteiger partial charge in [-0.15, -0.1) is 0 Å². The fourth-order valence-corrected chi connectivity index (χ4v) is 2.28. The summed E-state index contributed by atoms with van der Waals surface area (Å²) in [6, 6.07) is 6.80. The lowest BCUT2D eigenvalue weighted by Crippen LogP contribution is -2.55. The normalized spacial score (nSPS) is 26.2. The van der Waals surface area contributed by atoms with Crippen molar-refractivity contribution in [2.75, 3.05) is 0 Å². The smallest absolute Gasteiger partial charge is 0.123 e. The second kappa shape index (κ2) is 4.93. The van der Waals surface area contributed by atoms with Crippen molar-refractivity contribution in [3.8, 4) is 0 Å². The summed E-state index contributed by atoms with van der Waals surface area (Å²) < 4.78 is 13.0. The number of nitrogens with one attached hydrogen (secondary N) is 1. The standard InChI is InChI=1S/C13H18FNO/c1-2-4-11-8-12(15-11)13(16)9-5-3-6-10(14)7-9/h3,5-7,11-13,15-16H,2,4,8H2,1H3/t11-,12+,13+/m0/s1. The Kier molecular flexibility index (Phi) is 3.56. The van der Waals surface area contributed by atoms with Crippen molar-refractivity contribution in [1.82, 2.24) is 5.32 Å². The molecule has 0 radical (unpaired) electrons. The van der Waals surface area contributed by atoms with E-state index in [0.29, 0.717) is 11.6 Å². The highest BCUT2D eigenvalue weighted by Crippen LogP contribution is 2.28. The average molecular weight is 223 g/mol. The molecule has 1 aromatic carbocycles. The molecule has 0 amide bonds. The van der Waals surface area contributed by atoms with Crippen molar-refractivity contribution in [1.29, 1.82) is 0 Å². The molecule has 2 nitrogen and oxygen atoms in total. The van der Waals surface area contributed by atoms with Gasteiger partial charge in [0.05, 0.1) is 6.10 Å². The zero-order valence-corrected chi connectivity index (χ0v) is 9.49. The van der Waals surface area contributed by atoms with E-state index in [0.717, 1.165) is 19.3 Å². The van der Waals surface area contributed by atoms with E-state index in [9.17, 15) is 9.50 Å². The van der Waals surface area contributed by atoms with E-state index in [1.807, 2.05) is 0 Å². The van der Waals surface area contributed by atoms with Crippen LogP contribution in [0.2, 0.25) is 0 Å². The summed E-state index contributed by atoms with van der Waals surface area (Å²) in [4.78, 5) is 0. The molecule has 1 aromatic rings. The van der Waals surface area contributed by atoms with Crippen molar-refractivity contribution < 1.29 is 9.50 Å². The van der Waals surface area contributed by atoms with E-state index in [4.69, 9.17) is 0 Å². The second-order valence-electron chi connectivity index (χ2n) is 4.49. The number of aliphatic hydroxyl groups excluding tert-OH is 1. The third-order valence-electron chi connectivity index (χ3n) is 3.20. The van der Waals surface area contributed by atoms with Gasteiger partial charge in [-0.1, -0.05) is 25.5 Å². The number of rotatable bonds is 4. The van der Waals surface area contributed by atoms with Gasteiger partial charge in [0.15, 0.2) is 0 Å². The van der Waals surface area contributed by atoms with Crippen LogP contribution in [0.1, 0.15) is 37.9 Å². The predicted molar refractivity (Wildman–Crippen MR) is 61.6 cm³/mol.